The summed E-state index contributed by atoms with van der Waals surface area (Å²) in [5.74, 6) is 0.711. The predicted molar refractivity (Wildman–Crippen MR) is 107 cm³/mol. The highest BCUT2D eigenvalue weighted by molar-refractivity contribution is 7.88. The number of hydrogen-bond donors (Lipinski definition) is 3. The predicted octanol–water partition coefficient (Wildman–Crippen LogP) is 0.928. The van der Waals surface area contributed by atoms with Crippen LogP contribution in [0.15, 0.2) is 35.3 Å². The van der Waals surface area contributed by atoms with Crippen LogP contribution in [0.1, 0.15) is 31.4 Å². The molecule has 1 fully saturated rings. The highest BCUT2D eigenvalue weighted by atomic mass is 32.2. The van der Waals surface area contributed by atoms with Crippen LogP contribution in [0, 0.1) is 0 Å². The lowest BCUT2D eigenvalue weighted by Crippen LogP contribution is -2.42. The summed E-state index contributed by atoms with van der Waals surface area (Å²) in [5, 5.41) is 6.40. The van der Waals surface area contributed by atoms with Crippen LogP contribution in [-0.2, 0) is 10.0 Å². The molecule has 0 aromatic heterocycles. The molecule has 146 valence electrons. The molecule has 8 heteroatoms. The number of rotatable bonds is 9. The van der Waals surface area contributed by atoms with Gasteiger partial charge in [0.15, 0.2) is 5.96 Å². The van der Waals surface area contributed by atoms with Gasteiger partial charge in [0, 0.05) is 19.6 Å². The van der Waals surface area contributed by atoms with Crippen LogP contribution in [0.3, 0.4) is 0 Å². The van der Waals surface area contributed by atoms with E-state index in [-0.39, 0.29) is 6.04 Å². The van der Waals surface area contributed by atoms with E-state index in [1.54, 1.807) is 0 Å². The first-order valence-electron chi connectivity index (χ1n) is 9.25. The molecule has 0 saturated carbocycles. The lowest BCUT2D eigenvalue weighted by atomic mass is 10.1. The molecule has 1 aliphatic heterocycles. The molecule has 3 N–H and O–H groups in total. The Labute approximate surface area is 157 Å². The summed E-state index contributed by atoms with van der Waals surface area (Å²) in [7, 11) is -3.16. The average Bonchev–Trinajstić information content (AvgIpc) is 3.13. The third-order valence-electron chi connectivity index (χ3n) is 4.31. The first kappa shape index (κ1) is 20.7. The number of likely N-dealkylation sites (tertiary alicyclic amines) is 1. The molecule has 0 spiro atoms. The van der Waals surface area contributed by atoms with Crippen LogP contribution < -0.4 is 15.4 Å². The Kier molecular flexibility index (Phi) is 8.34. The zero-order valence-electron chi connectivity index (χ0n) is 15.7. The minimum atomic E-state index is -3.16. The maximum Gasteiger partial charge on any atom is 0.208 e. The van der Waals surface area contributed by atoms with Crippen molar-refractivity contribution in [3.05, 3.63) is 35.9 Å². The van der Waals surface area contributed by atoms with Crippen LogP contribution >= 0.6 is 0 Å². The van der Waals surface area contributed by atoms with E-state index in [4.69, 9.17) is 4.99 Å². The number of benzene rings is 1. The first-order chi connectivity index (χ1) is 12.5. The lowest BCUT2D eigenvalue weighted by molar-refractivity contribution is 0.251. The van der Waals surface area contributed by atoms with Crippen LogP contribution in [0.25, 0.3) is 0 Å². The Morgan fingerprint density at radius 2 is 1.85 bits per heavy atom. The molecule has 7 nitrogen and oxygen atoms in total. The molecule has 26 heavy (non-hydrogen) atoms. The Balaban J connectivity index is 1.99. The highest BCUT2D eigenvalue weighted by Crippen LogP contribution is 2.25. The molecule has 1 unspecified atom stereocenters. The summed E-state index contributed by atoms with van der Waals surface area (Å²) in [5.41, 5.74) is 1.28. The van der Waals surface area contributed by atoms with Crippen molar-refractivity contribution in [2.24, 2.45) is 4.99 Å². The van der Waals surface area contributed by atoms with E-state index >= 15 is 0 Å². The van der Waals surface area contributed by atoms with E-state index in [1.165, 1.54) is 18.4 Å². The number of nitrogens with zero attached hydrogens (tertiary/aromatic N) is 2. The summed E-state index contributed by atoms with van der Waals surface area (Å²) >= 11 is 0. The molecule has 0 aliphatic carbocycles. The third kappa shape index (κ3) is 7.31. The second-order valence-electron chi connectivity index (χ2n) is 6.48. The Bertz CT molecular complexity index is 657. The van der Waals surface area contributed by atoms with E-state index in [9.17, 15) is 8.42 Å². The molecule has 0 bridgehead atoms. The second-order valence-corrected chi connectivity index (χ2v) is 8.32. The van der Waals surface area contributed by atoms with Crippen LogP contribution in [0.4, 0.5) is 0 Å². The average molecular weight is 382 g/mol. The van der Waals surface area contributed by atoms with Crippen LogP contribution in [0.2, 0.25) is 0 Å². The molecule has 1 saturated heterocycles. The SMILES string of the molecule is CCNC(=NCC(c1ccccc1)N1CCCC1)NCCNS(C)(=O)=O. The van der Waals surface area contributed by atoms with Gasteiger partial charge in [-0.05, 0) is 38.4 Å². The molecule has 2 rings (SSSR count). The Hall–Kier alpha value is -1.64. The van der Waals surface area contributed by atoms with E-state index in [0.29, 0.717) is 25.6 Å². The molecule has 1 aromatic rings. The van der Waals surface area contributed by atoms with Gasteiger partial charge in [-0.2, -0.15) is 0 Å². The fourth-order valence-corrected chi connectivity index (χ4v) is 3.57. The standard InChI is InChI=1S/C18H31N5O2S/c1-3-19-18(20-11-12-22-26(2,24)25)21-15-17(23-13-7-8-14-23)16-9-5-4-6-10-16/h4-6,9-10,17,22H,3,7-8,11-15H2,1-2H3,(H2,19,20,21). The van der Waals surface area contributed by atoms with Crippen molar-refractivity contribution in [1.29, 1.82) is 0 Å². The molecule has 0 amide bonds. The van der Waals surface area contributed by atoms with Gasteiger partial charge >= 0.3 is 0 Å². The normalized spacial score (nSPS) is 17.2. The zero-order chi connectivity index (χ0) is 18.8. The summed E-state index contributed by atoms with van der Waals surface area (Å²) in [4.78, 5) is 7.24. The van der Waals surface area contributed by atoms with E-state index in [0.717, 1.165) is 25.9 Å². The summed E-state index contributed by atoms with van der Waals surface area (Å²) in [6, 6.07) is 10.8. The third-order valence-corrected chi connectivity index (χ3v) is 5.04. The Morgan fingerprint density at radius 3 is 2.46 bits per heavy atom. The molecular formula is C18H31N5O2S. The van der Waals surface area contributed by atoms with Gasteiger partial charge in [-0.1, -0.05) is 30.3 Å². The van der Waals surface area contributed by atoms with Gasteiger partial charge in [0.25, 0.3) is 0 Å². The number of nitrogens with one attached hydrogen (secondary N) is 3. The smallest absolute Gasteiger partial charge is 0.208 e. The van der Waals surface area contributed by atoms with Crippen molar-refractivity contribution in [3.63, 3.8) is 0 Å². The second kappa shape index (κ2) is 10.5. The van der Waals surface area contributed by atoms with Crippen molar-refractivity contribution < 1.29 is 8.42 Å². The summed E-state index contributed by atoms with van der Waals surface area (Å²) in [6.45, 7) is 6.47. The van der Waals surface area contributed by atoms with Gasteiger partial charge in [-0.25, -0.2) is 13.1 Å². The zero-order valence-corrected chi connectivity index (χ0v) is 16.6. The van der Waals surface area contributed by atoms with Crippen molar-refractivity contribution in [2.45, 2.75) is 25.8 Å². The van der Waals surface area contributed by atoms with Crippen LogP contribution in [0.5, 0.6) is 0 Å². The Morgan fingerprint density at radius 1 is 1.15 bits per heavy atom. The fourth-order valence-electron chi connectivity index (χ4n) is 3.10. The van der Waals surface area contributed by atoms with Crippen molar-refractivity contribution in [3.8, 4) is 0 Å². The van der Waals surface area contributed by atoms with E-state index < -0.39 is 10.0 Å². The van der Waals surface area contributed by atoms with E-state index in [1.807, 2.05) is 13.0 Å². The maximum absolute atomic E-state index is 11.1. The van der Waals surface area contributed by atoms with Crippen molar-refractivity contribution >= 4 is 16.0 Å². The number of aliphatic imine (C=N–C) groups is 1. The molecule has 1 atom stereocenters. The maximum atomic E-state index is 11.1. The minimum absolute atomic E-state index is 0.267. The summed E-state index contributed by atoms with van der Waals surface area (Å²) in [6.07, 6.45) is 3.64. The van der Waals surface area contributed by atoms with E-state index in [2.05, 4.69) is 44.5 Å². The molecule has 1 aliphatic rings. The molecule has 1 aromatic carbocycles. The number of sulfonamides is 1. The molecular weight excluding hydrogens is 350 g/mol. The highest BCUT2D eigenvalue weighted by Gasteiger charge is 2.23. The molecule has 1 heterocycles. The largest absolute Gasteiger partial charge is 0.357 e. The number of hydrogen-bond acceptors (Lipinski definition) is 4. The van der Waals surface area contributed by atoms with Crippen LogP contribution in [-0.4, -0.2) is 64.8 Å². The minimum Gasteiger partial charge on any atom is -0.357 e. The number of guanidine groups is 1. The quantitative estimate of drug-likeness (QED) is 0.337. The van der Waals surface area contributed by atoms with Gasteiger partial charge < -0.3 is 10.6 Å². The van der Waals surface area contributed by atoms with Gasteiger partial charge in [0.1, 0.15) is 0 Å². The van der Waals surface area contributed by atoms with Gasteiger partial charge in [0.2, 0.25) is 10.0 Å². The first-order valence-corrected chi connectivity index (χ1v) is 11.1. The monoisotopic (exact) mass is 381 g/mol. The molecule has 0 radical (unpaired) electrons. The lowest BCUT2D eigenvalue weighted by Gasteiger charge is -2.27. The van der Waals surface area contributed by atoms with Gasteiger partial charge in [-0.15, -0.1) is 0 Å². The van der Waals surface area contributed by atoms with Gasteiger partial charge in [-0.3, -0.25) is 9.89 Å². The van der Waals surface area contributed by atoms with Crippen molar-refractivity contribution in [1.82, 2.24) is 20.3 Å². The fraction of sp³-hybridized carbons (Fsp3) is 0.611. The van der Waals surface area contributed by atoms with Crippen molar-refractivity contribution in [2.75, 3.05) is 45.5 Å². The summed E-state index contributed by atoms with van der Waals surface area (Å²) < 4.78 is 24.7. The topological polar surface area (TPSA) is 85.8 Å². The van der Waals surface area contributed by atoms with Gasteiger partial charge in [0.05, 0.1) is 18.8 Å².